The van der Waals surface area contributed by atoms with E-state index in [2.05, 4.69) is 10.2 Å². The Labute approximate surface area is 122 Å². The van der Waals surface area contributed by atoms with E-state index < -0.39 is 5.60 Å². The van der Waals surface area contributed by atoms with Gasteiger partial charge in [-0.1, -0.05) is 0 Å². The molecule has 1 atom stereocenters. The van der Waals surface area contributed by atoms with Gasteiger partial charge in [0.2, 0.25) is 0 Å². The summed E-state index contributed by atoms with van der Waals surface area (Å²) in [7, 11) is 0. The van der Waals surface area contributed by atoms with Crippen molar-refractivity contribution in [3.63, 3.8) is 0 Å². The number of hydrogen-bond acceptors (Lipinski definition) is 4. The molecule has 0 saturated carbocycles. The Morgan fingerprint density at radius 2 is 2.00 bits per heavy atom. The first-order valence-corrected chi connectivity index (χ1v) is 7.73. The Balaban J connectivity index is 1.67. The van der Waals surface area contributed by atoms with Crippen LogP contribution < -0.4 is 5.32 Å². The lowest BCUT2D eigenvalue weighted by atomic mass is 10.1. The van der Waals surface area contributed by atoms with Crippen molar-refractivity contribution in [1.82, 2.24) is 10.2 Å². The fourth-order valence-electron chi connectivity index (χ4n) is 2.95. The van der Waals surface area contributed by atoms with Crippen molar-refractivity contribution >= 4 is 6.09 Å². The van der Waals surface area contributed by atoms with Crippen LogP contribution in [0.3, 0.4) is 0 Å². The van der Waals surface area contributed by atoms with Crippen LogP contribution in [0.1, 0.15) is 40.0 Å². The van der Waals surface area contributed by atoms with E-state index in [1.807, 2.05) is 20.8 Å². The number of amides is 1. The Hall–Kier alpha value is -0.810. The van der Waals surface area contributed by atoms with E-state index in [1.54, 1.807) is 0 Å². The molecule has 0 spiro atoms. The number of carbonyl (C=O) groups is 1. The monoisotopic (exact) mass is 284 g/mol. The van der Waals surface area contributed by atoms with Crippen LogP contribution in [-0.4, -0.2) is 55.5 Å². The molecule has 0 aromatic carbocycles. The van der Waals surface area contributed by atoms with E-state index in [4.69, 9.17) is 9.47 Å². The van der Waals surface area contributed by atoms with E-state index >= 15 is 0 Å². The maximum absolute atomic E-state index is 11.6. The summed E-state index contributed by atoms with van der Waals surface area (Å²) in [6, 6.07) is 0.676. The first-order valence-electron chi connectivity index (χ1n) is 7.73. The molecule has 0 bridgehead atoms. The average molecular weight is 284 g/mol. The predicted octanol–water partition coefficient (Wildman–Crippen LogP) is 2.01. The number of nitrogens with one attached hydrogen (secondary N) is 1. The van der Waals surface area contributed by atoms with Gasteiger partial charge in [-0.3, -0.25) is 4.90 Å². The number of nitrogens with zero attached hydrogens (tertiary/aromatic N) is 1. The molecule has 1 amide bonds. The SMILES string of the molecule is CC(C)(C)OC(=O)NC[C@@H]1CCN(C2CCOCC2)C1. The van der Waals surface area contributed by atoms with Gasteiger partial charge in [-0.05, 0) is 52.5 Å². The fourth-order valence-corrected chi connectivity index (χ4v) is 2.95. The van der Waals surface area contributed by atoms with Crippen LogP contribution in [0.15, 0.2) is 0 Å². The second-order valence-electron chi connectivity index (χ2n) is 6.88. The van der Waals surface area contributed by atoms with Crippen molar-refractivity contribution in [3.8, 4) is 0 Å². The first-order chi connectivity index (χ1) is 9.44. The highest BCUT2D eigenvalue weighted by molar-refractivity contribution is 5.67. The van der Waals surface area contributed by atoms with Gasteiger partial charge in [-0.15, -0.1) is 0 Å². The van der Waals surface area contributed by atoms with Gasteiger partial charge in [-0.2, -0.15) is 0 Å². The van der Waals surface area contributed by atoms with Crippen molar-refractivity contribution in [1.29, 1.82) is 0 Å². The molecule has 2 fully saturated rings. The summed E-state index contributed by atoms with van der Waals surface area (Å²) in [5.41, 5.74) is -0.423. The van der Waals surface area contributed by atoms with E-state index in [9.17, 15) is 4.79 Å². The molecule has 0 unspecified atom stereocenters. The zero-order valence-corrected chi connectivity index (χ0v) is 13.0. The molecule has 116 valence electrons. The summed E-state index contributed by atoms with van der Waals surface area (Å²) in [6.07, 6.45) is 3.15. The zero-order chi connectivity index (χ0) is 14.6. The Morgan fingerprint density at radius 3 is 2.65 bits per heavy atom. The van der Waals surface area contributed by atoms with Gasteiger partial charge in [-0.25, -0.2) is 4.79 Å². The summed E-state index contributed by atoms with van der Waals surface area (Å²) in [5, 5.41) is 2.89. The van der Waals surface area contributed by atoms with Crippen molar-refractivity contribution in [2.45, 2.75) is 51.7 Å². The molecule has 0 aromatic rings. The second-order valence-corrected chi connectivity index (χ2v) is 6.88. The fraction of sp³-hybridized carbons (Fsp3) is 0.933. The van der Waals surface area contributed by atoms with E-state index in [1.165, 1.54) is 0 Å². The molecular formula is C15H28N2O3. The molecule has 2 saturated heterocycles. The van der Waals surface area contributed by atoms with Gasteiger partial charge < -0.3 is 14.8 Å². The third kappa shape index (κ3) is 4.94. The normalized spacial score (nSPS) is 25.6. The highest BCUT2D eigenvalue weighted by Crippen LogP contribution is 2.23. The molecule has 1 N–H and O–H groups in total. The quantitative estimate of drug-likeness (QED) is 0.861. The molecule has 0 aliphatic carbocycles. The Bertz CT molecular complexity index is 322. The van der Waals surface area contributed by atoms with Crippen LogP contribution in [0.5, 0.6) is 0 Å². The topological polar surface area (TPSA) is 50.8 Å². The van der Waals surface area contributed by atoms with Crippen LogP contribution in [0.25, 0.3) is 0 Å². The van der Waals surface area contributed by atoms with Crippen molar-refractivity contribution in [3.05, 3.63) is 0 Å². The Kier molecular flexibility index (Phi) is 5.27. The molecule has 2 heterocycles. The third-order valence-electron chi connectivity index (χ3n) is 3.96. The number of ether oxygens (including phenoxy) is 2. The van der Waals surface area contributed by atoms with Crippen LogP contribution in [0.4, 0.5) is 4.79 Å². The van der Waals surface area contributed by atoms with Gasteiger partial charge in [0, 0.05) is 32.3 Å². The Morgan fingerprint density at radius 1 is 1.30 bits per heavy atom. The highest BCUT2D eigenvalue weighted by Gasteiger charge is 2.29. The van der Waals surface area contributed by atoms with Crippen molar-refractivity contribution < 1.29 is 14.3 Å². The summed E-state index contributed by atoms with van der Waals surface area (Å²) >= 11 is 0. The smallest absolute Gasteiger partial charge is 0.407 e. The van der Waals surface area contributed by atoms with Crippen LogP contribution in [0, 0.1) is 5.92 Å². The predicted molar refractivity (Wildman–Crippen MR) is 77.8 cm³/mol. The maximum Gasteiger partial charge on any atom is 0.407 e. The number of alkyl carbamates (subject to hydrolysis) is 1. The second kappa shape index (κ2) is 6.76. The van der Waals surface area contributed by atoms with Gasteiger partial charge in [0.25, 0.3) is 0 Å². The van der Waals surface area contributed by atoms with Gasteiger partial charge >= 0.3 is 6.09 Å². The zero-order valence-electron chi connectivity index (χ0n) is 13.0. The highest BCUT2D eigenvalue weighted by atomic mass is 16.6. The summed E-state index contributed by atoms with van der Waals surface area (Å²) in [5.74, 6) is 0.547. The first kappa shape index (κ1) is 15.6. The number of rotatable bonds is 3. The lowest BCUT2D eigenvalue weighted by Gasteiger charge is -2.31. The molecule has 2 aliphatic heterocycles. The van der Waals surface area contributed by atoms with Crippen LogP contribution >= 0.6 is 0 Å². The van der Waals surface area contributed by atoms with Gasteiger partial charge in [0.1, 0.15) is 5.60 Å². The third-order valence-corrected chi connectivity index (χ3v) is 3.96. The summed E-state index contributed by atoms with van der Waals surface area (Å²) < 4.78 is 10.7. The van der Waals surface area contributed by atoms with Crippen molar-refractivity contribution in [2.24, 2.45) is 5.92 Å². The average Bonchev–Trinajstić information content (AvgIpc) is 2.84. The summed E-state index contributed by atoms with van der Waals surface area (Å²) in [4.78, 5) is 14.2. The lowest BCUT2D eigenvalue weighted by molar-refractivity contribution is 0.0407. The van der Waals surface area contributed by atoms with Gasteiger partial charge in [0.05, 0.1) is 0 Å². The minimum absolute atomic E-state index is 0.304. The molecule has 2 aliphatic rings. The largest absolute Gasteiger partial charge is 0.444 e. The van der Waals surface area contributed by atoms with Crippen molar-refractivity contribution in [2.75, 3.05) is 32.8 Å². The van der Waals surface area contributed by atoms with Crippen LogP contribution in [-0.2, 0) is 9.47 Å². The van der Waals surface area contributed by atoms with Gasteiger partial charge in [0.15, 0.2) is 0 Å². The minimum Gasteiger partial charge on any atom is -0.444 e. The molecule has 0 aromatic heterocycles. The van der Waals surface area contributed by atoms with E-state index in [0.29, 0.717) is 18.5 Å². The number of hydrogen-bond donors (Lipinski definition) is 1. The molecule has 5 nitrogen and oxygen atoms in total. The number of carbonyl (C=O) groups excluding carboxylic acids is 1. The standard InChI is InChI=1S/C15H28N2O3/c1-15(2,3)20-14(18)16-10-12-4-7-17(11-12)13-5-8-19-9-6-13/h12-13H,4-11H2,1-3H3,(H,16,18)/t12-/m0/s1. The maximum atomic E-state index is 11.6. The minimum atomic E-state index is -0.423. The van der Waals surface area contributed by atoms with E-state index in [-0.39, 0.29) is 6.09 Å². The molecule has 20 heavy (non-hydrogen) atoms. The van der Waals surface area contributed by atoms with E-state index in [0.717, 1.165) is 45.6 Å². The lowest BCUT2D eigenvalue weighted by Crippen LogP contribution is -2.39. The number of likely N-dealkylation sites (tertiary alicyclic amines) is 1. The van der Waals surface area contributed by atoms with Crippen LogP contribution in [0.2, 0.25) is 0 Å². The summed E-state index contributed by atoms with van der Waals surface area (Å²) in [6.45, 7) is 10.4. The molecule has 2 rings (SSSR count). The molecular weight excluding hydrogens is 256 g/mol. The molecule has 0 radical (unpaired) electrons. The molecule has 5 heteroatoms.